The zero-order valence-corrected chi connectivity index (χ0v) is 12.4. The Morgan fingerprint density at radius 3 is 2.42 bits per heavy atom. The van der Waals surface area contributed by atoms with Crippen LogP contribution in [-0.2, 0) is 9.53 Å². The van der Waals surface area contributed by atoms with Crippen LogP contribution in [0.25, 0.3) is 5.57 Å². The Morgan fingerprint density at radius 1 is 1.26 bits per heavy atom. The molecule has 4 heteroatoms. The average Bonchev–Trinajstić information content (AvgIpc) is 2.28. The molecule has 0 amide bonds. The summed E-state index contributed by atoms with van der Waals surface area (Å²) in [4.78, 5) is 14.3. The first-order chi connectivity index (χ1) is 8.50. The second kappa shape index (κ2) is 6.22. The Kier molecular flexibility index (Phi) is 5.15. The monoisotopic (exact) mass is 281 g/mol. The number of ketones is 1. The van der Waals surface area contributed by atoms with Crippen LogP contribution in [0.3, 0.4) is 0 Å². The van der Waals surface area contributed by atoms with Crippen molar-refractivity contribution in [3.63, 3.8) is 0 Å². The summed E-state index contributed by atoms with van der Waals surface area (Å²) in [6, 6.07) is 9.66. The minimum atomic E-state index is -0.418. The molecule has 1 heterocycles. The molecule has 1 unspecified atom stereocenters. The summed E-state index contributed by atoms with van der Waals surface area (Å²) >= 11 is 0. The molecule has 1 atom stereocenters. The molecule has 0 saturated carbocycles. The molecule has 0 saturated heterocycles. The third-order valence-electron chi connectivity index (χ3n) is 3.03. The second-order valence-electron chi connectivity index (χ2n) is 5.30. The maximum atomic E-state index is 12.2. The number of halogens is 1. The minimum Gasteiger partial charge on any atom is -0.493 e. The summed E-state index contributed by atoms with van der Waals surface area (Å²) in [5.74, 6) is 0.150. The number of Topliss-reactive ketones (excluding diaryl/α,β-unsaturated/α-hetero) is 1. The normalized spacial score (nSPS) is 22.5. The Morgan fingerprint density at radius 2 is 1.89 bits per heavy atom. The summed E-state index contributed by atoms with van der Waals surface area (Å²) in [6.45, 7) is 2.71. The molecule has 0 fully saturated rings. The Balaban J connectivity index is 0.00000180. The topological polar surface area (TPSA) is 29.5 Å². The van der Waals surface area contributed by atoms with Crippen molar-refractivity contribution in [2.24, 2.45) is 0 Å². The van der Waals surface area contributed by atoms with E-state index in [-0.39, 0.29) is 18.2 Å². The molecule has 0 spiro atoms. The summed E-state index contributed by atoms with van der Waals surface area (Å²) in [7, 11) is 3.96. The highest BCUT2D eigenvalue weighted by atomic mass is 35.5. The van der Waals surface area contributed by atoms with Crippen molar-refractivity contribution in [2.75, 3.05) is 20.6 Å². The number of hydrogen-bond donors (Lipinski definition) is 0. The lowest BCUT2D eigenvalue weighted by molar-refractivity contribution is -0.120. The van der Waals surface area contributed by atoms with Crippen molar-refractivity contribution >= 4 is 23.8 Å². The average molecular weight is 282 g/mol. The summed E-state index contributed by atoms with van der Waals surface area (Å²) in [5.41, 5.74) is 1.18. The van der Waals surface area contributed by atoms with Crippen LogP contribution in [0, 0.1) is 0 Å². The fourth-order valence-corrected chi connectivity index (χ4v) is 2.35. The van der Waals surface area contributed by atoms with Gasteiger partial charge in [0.05, 0.1) is 18.3 Å². The van der Waals surface area contributed by atoms with Gasteiger partial charge in [0.2, 0.25) is 0 Å². The van der Waals surface area contributed by atoms with E-state index in [2.05, 4.69) is 0 Å². The molecule has 0 radical (unpaired) electrons. The van der Waals surface area contributed by atoms with E-state index in [1.807, 2.05) is 56.3 Å². The van der Waals surface area contributed by atoms with Crippen LogP contribution in [0.15, 0.2) is 36.6 Å². The largest absolute Gasteiger partial charge is 0.493 e. The molecule has 3 nitrogen and oxygen atoms in total. The predicted molar refractivity (Wildman–Crippen MR) is 79.3 cm³/mol. The Labute approximate surface area is 120 Å². The smallest absolute Gasteiger partial charge is 0.170 e. The van der Waals surface area contributed by atoms with Gasteiger partial charge in [0.15, 0.2) is 5.78 Å². The van der Waals surface area contributed by atoms with Crippen molar-refractivity contribution in [1.82, 2.24) is 4.90 Å². The number of carbonyl (C=O) groups is 1. The van der Waals surface area contributed by atoms with E-state index in [1.54, 1.807) is 6.26 Å². The minimum absolute atomic E-state index is 0. The van der Waals surface area contributed by atoms with E-state index in [9.17, 15) is 4.79 Å². The van der Waals surface area contributed by atoms with Crippen molar-refractivity contribution in [2.45, 2.75) is 18.9 Å². The Bertz CT molecular complexity index is 470. The number of benzene rings is 1. The van der Waals surface area contributed by atoms with Gasteiger partial charge in [-0.1, -0.05) is 30.3 Å². The number of ether oxygens (including phenoxy) is 1. The van der Waals surface area contributed by atoms with Gasteiger partial charge in [-0.05, 0) is 26.6 Å². The standard InChI is InChI=1S/C15H19NO2.ClH/c1-15(11-16(2)3)9-14(17)13(10-18-15)12-7-5-4-6-8-12;/h4-8,10H,9,11H2,1-3H3;1H. The lowest BCUT2D eigenvalue weighted by Gasteiger charge is -2.34. The van der Waals surface area contributed by atoms with E-state index in [1.165, 1.54) is 0 Å². The summed E-state index contributed by atoms with van der Waals surface area (Å²) in [5, 5.41) is 0. The van der Waals surface area contributed by atoms with Gasteiger partial charge in [0, 0.05) is 6.54 Å². The number of allylic oxidation sites excluding steroid dienone is 1. The molecule has 0 N–H and O–H groups in total. The molecular weight excluding hydrogens is 262 g/mol. The lowest BCUT2D eigenvalue weighted by Crippen LogP contribution is -2.42. The zero-order chi connectivity index (χ0) is 13.2. The maximum absolute atomic E-state index is 12.2. The molecule has 1 aliphatic heterocycles. The first-order valence-electron chi connectivity index (χ1n) is 6.11. The van der Waals surface area contributed by atoms with E-state index in [0.29, 0.717) is 12.0 Å². The van der Waals surface area contributed by atoms with Gasteiger partial charge >= 0.3 is 0 Å². The van der Waals surface area contributed by atoms with Gasteiger partial charge in [-0.2, -0.15) is 0 Å². The highest BCUT2D eigenvalue weighted by molar-refractivity contribution is 6.21. The van der Waals surface area contributed by atoms with Crippen LogP contribution in [0.2, 0.25) is 0 Å². The van der Waals surface area contributed by atoms with Crippen LogP contribution in [0.4, 0.5) is 0 Å². The van der Waals surface area contributed by atoms with E-state index in [0.717, 1.165) is 12.1 Å². The number of carbonyl (C=O) groups excluding carboxylic acids is 1. The van der Waals surface area contributed by atoms with Crippen molar-refractivity contribution < 1.29 is 9.53 Å². The quantitative estimate of drug-likeness (QED) is 0.853. The second-order valence-corrected chi connectivity index (χ2v) is 5.30. The summed E-state index contributed by atoms with van der Waals surface area (Å²) in [6.07, 6.45) is 2.04. The van der Waals surface area contributed by atoms with Gasteiger partial charge in [-0.3, -0.25) is 4.79 Å². The van der Waals surface area contributed by atoms with E-state index in [4.69, 9.17) is 4.74 Å². The zero-order valence-electron chi connectivity index (χ0n) is 11.6. The SMILES string of the molecule is CN(C)CC1(C)CC(=O)C(c2ccccc2)=CO1.Cl. The van der Waals surface area contributed by atoms with Crippen LogP contribution in [0.5, 0.6) is 0 Å². The highest BCUT2D eigenvalue weighted by Crippen LogP contribution is 2.29. The maximum Gasteiger partial charge on any atom is 0.170 e. The molecule has 0 bridgehead atoms. The summed E-state index contributed by atoms with van der Waals surface area (Å²) < 4.78 is 5.79. The predicted octanol–water partition coefficient (Wildman–Crippen LogP) is 2.76. The fourth-order valence-electron chi connectivity index (χ4n) is 2.35. The number of likely N-dealkylation sites (N-methyl/N-ethyl adjacent to an activating group) is 1. The van der Waals surface area contributed by atoms with Crippen molar-refractivity contribution in [3.05, 3.63) is 42.2 Å². The van der Waals surface area contributed by atoms with Crippen LogP contribution >= 0.6 is 12.4 Å². The van der Waals surface area contributed by atoms with Gasteiger partial charge in [-0.25, -0.2) is 0 Å². The lowest BCUT2D eigenvalue weighted by atomic mass is 9.90. The molecule has 2 rings (SSSR count). The third kappa shape index (κ3) is 3.82. The molecule has 19 heavy (non-hydrogen) atoms. The molecule has 1 aliphatic rings. The number of nitrogens with zero attached hydrogens (tertiary/aromatic N) is 1. The first kappa shape index (κ1) is 15.7. The first-order valence-corrected chi connectivity index (χ1v) is 6.11. The van der Waals surface area contributed by atoms with E-state index >= 15 is 0 Å². The van der Waals surface area contributed by atoms with Crippen molar-refractivity contribution in [1.29, 1.82) is 0 Å². The number of rotatable bonds is 3. The van der Waals surface area contributed by atoms with Gasteiger partial charge in [0.1, 0.15) is 5.60 Å². The van der Waals surface area contributed by atoms with Crippen LogP contribution in [0.1, 0.15) is 18.9 Å². The van der Waals surface area contributed by atoms with Crippen LogP contribution in [-0.4, -0.2) is 36.9 Å². The number of hydrogen-bond acceptors (Lipinski definition) is 3. The highest BCUT2D eigenvalue weighted by Gasteiger charge is 2.34. The molecule has 1 aromatic carbocycles. The van der Waals surface area contributed by atoms with E-state index < -0.39 is 5.60 Å². The van der Waals surface area contributed by atoms with Gasteiger partial charge in [0.25, 0.3) is 0 Å². The third-order valence-corrected chi connectivity index (χ3v) is 3.03. The Hall–Kier alpha value is -1.32. The molecule has 104 valence electrons. The van der Waals surface area contributed by atoms with Gasteiger partial charge < -0.3 is 9.64 Å². The molecule has 0 aliphatic carbocycles. The molecule has 1 aromatic rings. The van der Waals surface area contributed by atoms with Crippen molar-refractivity contribution in [3.8, 4) is 0 Å². The fraction of sp³-hybridized carbons (Fsp3) is 0.400. The molecular formula is C15H20ClNO2. The molecule has 0 aromatic heterocycles. The van der Waals surface area contributed by atoms with Gasteiger partial charge in [-0.15, -0.1) is 12.4 Å². The van der Waals surface area contributed by atoms with Crippen LogP contribution < -0.4 is 0 Å².